The number of aliphatic hydroxyl groups excluding tert-OH is 1. The van der Waals surface area contributed by atoms with Gasteiger partial charge >= 0.3 is 0 Å². The maximum absolute atomic E-state index is 10.8. The van der Waals surface area contributed by atoms with Gasteiger partial charge in [-0.15, -0.1) is 0 Å². The highest BCUT2D eigenvalue weighted by Crippen LogP contribution is 2.31. The minimum Gasteiger partial charge on any atom is -0.390 e. The Labute approximate surface area is 168 Å². The molecule has 0 unspecified atom stereocenters. The molecule has 0 aliphatic heterocycles. The SMILES string of the molecule is [N-]=[N+]=N[C@H]1C[C@H](N=[N+]=[N-])[C@H](OCc2ccccc2)[C@@H](OCc2ccccc2)[C@@H]1O. The van der Waals surface area contributed by atoms with Gasteiger partial charge in [0.1, 0.15) is 6.10 Å². The fourth-order valence-electron chi connectivity index (χ4n) is 3.45. The molecule has 2 aromatic rings. The summed E-state index contributed by atoms with van der Waals surface area (Å²) in [5.74, 6) is 0. The van der Waals surface area contributed by atoms with Crippen molar-refractivity contribution in [3.05, 3.63) is 92.7 Å². The fourth-order valence-corrected chi connectivity index (χ4v) is 3.45. The summed E-state index contributed by atoms with van der Waals surface area (Å²) in [6, 6.07) is 17.7. The van der Waals surface area contributed by atoms with E-state index >= 15 is 0 Å². The predicted octanol–water partition coefficient (Wildman–Crippen LogP) is 4.28. The van der Waals surface area contributed by atoms with Crippen LogP contribution in [0.2, 0.25) is 0 Å². The van der Waals surface area contributed by atoms with Gasteiger partial charge in [-0.05, 0) is 28.6 Å². The summed E-state index contributed by atoms with van der Waals surface area (Å²) in [5, 5.41) is 18.3. The molecule has 1 fully saturated rings. The Morgan fingerprint density at radius 2 is 1.28 bits per heavy atom. The maximum atomic E-state index is 10.8. The minimum atomic E-state index is -1.08. The molecule has 0 saturated heterocycles. The van der Waals surface area contributed by atoms with Gasteiger partial charge in [-0.25, -0.2) is 0 Å². The summed E-state index contributed by atoms with van der Waals surface area (Å²) in [6.07, 6.45) is -2.41. The lowest BCUT2D eigenvalue weighted by atomic mass is 9.84. The van der Waals surface area contributed by atoms with E-state index in [1.165, 1.54) is 0 Å². The molecule has 5 atom stereocenters. The Kier molecular flexibility index (Phi) is 7.47. The number of aliphatic hydroxyl groups is 1. The van der Waals surface area contributed by atoms with Gasteiger partial charge in [0.05, 0.1) is 37.5 Å². The highest BCUT2D eigenvalue weighted by molar-refractivity contribution is 5.15. The predicted molar refractivity (Wildman–Crippen MR) is 107 cm³/mol. The van der Waals surface area contributed by atoms with Crippen LogP contribution in [0.4, 0.5) is 0 Å². The van der Waals surface area contributed by atoms with E-state index in [1.54, 1.807) is 0 Å². The van der Waals surface area contributed by atoms with E-state index in [0.29, 0.717) is 0 Å². The van der Waals surface area contributed by atoms with E-state index in [-0.39, 0.29) is 19.6 Å². The van der Waals surface area contributed by atoms with E-state index in [1.807, 2.05) is 60.7 Å². The largest absolute Gasteiger partial charge is 0.390 e. The summed E-state index contributed by atoms with van der Waals surface area (Å²) in [4.78, 5) is 5.72. The minimum absolute atomic E-state index is 0.180. The topological polar surface area (TPSA) is 136 Å². The van der Waals surface area contributed by atoms with Crippen LogP contribution in [0, 0.1) is 0 Å². The highest BCUT2D eigenvalue weighted by Gasteiger charge is 2.45. The van der Waals surface area contributed by atoms with Gasteiger partial charge in [0, 0.05) is 9.82 Å². The van der Waals surface area contributed by atoms with Crippen molar-refractivity contribution in [3.8, 4) is 0 Å². The molecule has 29 heavy (non-hydrogen) atoms. The van der Waals surface area contributed by atoms with E-state index in [9.17, 15) is 5.11 Å². The van der Waals surface area contributed by atoms with E-state index in [4.69, 9.17) is 20.5 Å². The van der Waals surface area contributed by atoms with Crippen molar-refractivity contribution in [1.82, 2.24) is 0 Å². The monoisotopic (exact) mass is 394 g/mol. The molecule has 1 aliphatic carbocycles. The first-order chi connectivity index (χ1) is 14.2. The Morgan fingerprint density at radius 1 is 0.793 bits per heavy atom. The number of hydrogen-bond acceptors (Lipinski definition) is 5. The van der Waals surface area contributed by atoms with Gasteiger partial charge in [0.2, 0.25) is 0 Å². The summed E-state index contributed by atoms with van der Waals surface area (Å²) < 4.78 is 12.0. The molecule has 0 radical (unpaired) electrons. The Morgan fingerprint density at radius 3 is 1.79 bits per heavy atom. The number of rotatable bonds is 8. The zero-order valence-electron chi connectivity index (χ0n) is 15.7. The number of benzene rings is 2. The molecule has 1 aliphatic rings. The molecule has 0 bridgehead atoms. The van der Waals surface area contributed by atoms with Gasteiger partial charge < -0.3 is 14.6 Å². The van der Waals surface area contributed by atoms with E-state index in [2.05, 4.69) is 20.1 Å². The van der Waals surface area contributed by atoms with Gasteiger partial charge in [0.15, 0.2) is 0 Å². The summed E-state index contributed by atoms with van der Waals surface area (Å²) in [7, 11) is 0. The molecular weight excluding hydrogens is 372 g/mol. The van der Waals surface area contributed by atoms with Crippen LogP contribution in [-0.2, 0) is 22.7 Å². The van der Waals surface area contributed by atoms with E-state index < -0.39 is 30.4 Å². The molecule has 3 rings (SSSR count). The lowest BCUT2D eigenvalue weighted by Crippen LogP contribution is -2.56. The van der Waals surface area contributed by atoms with Crippen LogP contribution < -0.4 is 0 Å². The number of azide groups is 2. The molecule has 2 aromatic carbocycles. The van der Waals surface area contributed by atoms with Gasteiger partial charge in [-0.2, -0.15) is 0 Å². The highest BCUT2D eigenvalue weighted by atomic mass is 16.5. The Bertz CT molecular complexity index is 868. The van der Waals surface area contributed by atoms with Gasteiger partial charge in [0.25, 0.3) is 0 Å². The van der Waals surface area contributed by atoms with Gasteiger partial charge in [-0.1, -0.05) is 70.9 Å². The standard InChI is InChI=1S/C20H22N6O3/c21-25-23-16-11-17(24-26-22)19(28-12-14-7-3-1-4-8-14)20(18(16)27)29-13-15-9-5-2-6-10-15/h1-10,16-20,27H,11-13H2/t16-,17-,18+,19-,20-/m0/s1. The van der Waals surface area contributed by atoms with Crippen molar-refractivity contribution in [2.75, 3.05) is 0 Å². The molecule has 9 nitrogen and oxygen atoms in total. The molecular formula is C20H22N6O3. The number of nitrogens with zero attached hydrogens (tertiary/aromatic N) is 6. The fraction of sp³-hybridized carbons (Fsp3) is 0.400. The van der Waals surface area contributed by atoms with Crippen molar-refractivity contribution in [2.45, 2.75) is 50.0 Å². The second kappa shape index (κ2) is 10.5. The maximum Gasteiger partial charge on any atom is 0.111 e. The molecule has 0 heterocycles. The van der Waals surface area contributed by atoms with Crippen LogP contribution in [0.3, 0.4) is 0 Å². The Hall–Kier alpha value is -3.06. The van der Waals surface area contributed by atoms with Crippen molar-refractivity contribution in [2.24, 2.45) is 10.2 Å². The second-order valence-electron chi connectivity index (χ2n) is 6.79. The molecule has 1 N–H and O–H groups in total. The molecule has 1 saturated carbocycles. The zero-order valence-corrected chi connectivity index (χ0v) is 15.7. The number of hydrogen-bond donors (Lipinski definition) is 1. The third-order valence-corrected chi connectivity index (χ3v) is 4.89. The van der Waals surface area contributed by atoms with Crippen molar-refractivity contribution < 1.29 is 14.6 Å². The van der Waals surface area contributed by atoms with Gasteiger partial charge in [-0.3, -0.25) is 0 Å². The van der Waals surface area contributed by atoms with Crippen molar-refractivity contribution >= 4 is 0 Å². The lowest BCUT2D eigenvalue weighted by Gasteiger charge is -2.41. The average molecular weight is 394 g/mol. The third-order valence-electron chi connectivity index (χ3n) is 4.89. The smallest absolute Gasteiger partial charge is 0.111 e. The quantitative estimate of drug-likeness (QED) is 0.406. The lowest BCUT2D eigenvalue weighted by molar-refractivity contribution is -0.162. The summed E-state index contributed by atoms with van der Waals surface area (Å²) in [5.41, 5.74) is 19.7. The second-order valence-corrected chi connectivity index (χ2v) is 6.79. The van der Waals surface area contributed by atoms with Crippen LogP contribution in [0.5, 0.6) is 0 Å². The van der Waals surface area contributed by atoms with E-state index in [0.717, 1.165) is 11.1 Å². The first kappa shape index (κ1) is 20.7. The first-order valence-electron chi connectivity index (χ1n) is 9.30. The van der Waals surface area contributed by atoms with Crippen LogP contribution in [-0.4, -0.2) is 35.5 Å². The number of ether oxygens (including phenoxy) is 2. The molecule has 0 aromatic heterocycles. The molecule has 9 heteroatoms. The van der Waals surface area contributed by atoms with Crippen molar-refractivity contribution in [3.63, 3.8) is 0 Å². The molecule has 0 amide bonds. The average Bonchev–Trinajstić information content (AvgIpc) is 2.76. The van der Waals surface area contributed by atoms with Crippen molar-refractivity contribution in [1.29, 1.82) is 0 Å². The molecule has 150 valence electrons. The van der Waals surface area contributed by atoms with Crippen LogP contribution >= 0.6 is 0 Å². The summed E-state index contributed by atoms with van der Waals surface area (Å²) >= 11 is 0. The zero-order chi connectivity index (χ0) is 20.5. The Balaban J connectivity index is 1.82. The van der Waals surface area contributed by atoms with Crippen LogP contribution in [0.15, 0.2) is 70.9 Å². The van der Waals surface area contributed by atoms with Crippen LogP contribution in [0.25, 0.3) is 20.9 Å². The third kappa shape index (κ3) is 5.48. The normalized spacial score (nSPS) is 26.2. The summed E-state index contributed by atoms with van der Waals surface area (Å²) in [6.45, 7) is 0.507. The van der Waals surface area contributed by atoms with Crippen LogP contribution in [0.1, 0.15) is 17.5 Å². The molecule has 0 spiro atoms. The first-order valence-corrected chi connectivity index (χ1v) is 9.30.